The minimum atomic E-state index is -1.54. The lowest BCUT2D eigenvalue weighted by Crippen LogP contribution is -2.23. The molecule has 3 N–H and O–H groups in total. The van der Waals surface area contributed by atoms with Crippen LogP contribution in [-0.4, -0.2) is 11.2 Å². The van der Waals surface area contributed by atoms with Gasteiger partial charge in [0, 0.05) is 0 Å². The Morgan fingerprint density at radius 2 is 1.60 bits per heavy atom. The van der Waals surface area contributed by atoms with Crippen LogP contribution in [0.1, 0.15) is 18.5 Å². The number of aliphatic hydroxyl groups is 1. The molecule has 1 aromatic carbocycles. The molecule has 0 aliphatic rings. The maximum Gasteiger partial charge on any atom is 0.194 e. The average Bonchev–Trinajstić information content (AvgIpc) is 2.12. The first-order valence-corrected chi connectivity index (χ1v) is 4.01. The standard InChI is InChI=1S/C9H10F3NO.ClH/c1-4(14)9(13)5-2-6(10)8(12)7(11)3-5;/h2-4,9,14H,13H2,1H3;1H/t4-,9-;/m0./s1. The average molecular weight is 242 g/mol. The molecular formula is C9H11ClF3NO. The van der Waals surface area contributed by atoms with Crippen LogP contribution in [0, 0.1) is 17.5 Å². The van der Waals surface area contributed by atoms with Gasteiger partial charge in [0.15, 0.2) is 17.5 Å². The smallest absolute Gasteiger partial charge is 0.194 e. The van der Waals surface area contributed by atoms with E-state index in [4.69, 9.17) is 10.8 Å². The first-order valence-electron chi connectivity index (χ1n) is 4.01. The molecule has 2 nitrogen and oxygen atoms in total. The molecule has 0 spiro atoms. The van der Waals surface area contributed by atoms with Gasteiger partial charge in [-0.25, -0.2) is 13.2 Å². The number of aliphatic hydroxyl groups excluding tert-OH is 1. The van der Waals surface area contributed by atoms with Gasteiger partial charge in [-0.1, -0.05) is 0 Å². The Hall–Kier alpha value is -0.780. The normalized spacial score (nSPS) is 14.3. The van der Waals surface area contributed by atoms with Crippen molar-refractivity contribution in [3.63, 3.8) is 0 Å². The number of nitrogens with two attached hydrogens (primary N) is 1. The number of halogens is 4. The molecule has 0 fully saturated rings. The lowest BCUT2D eigenvalue weighted by Gasteiger charge is -2.15. The van der Waals surface area contributed by atoms with Gasteiger partial charge in [0.05, 0.1) is 12.1 Å². The van der Waals surface area contributed by atoms with E-state index in [0.717, 1.165) is 12.1 Å². The third-order valence-electron chi connectivity index (χ3n) is 1.91. The van der Waals surface area contributed by atoms with Crippen molar-refractivity contribution in [1.82, 2.24) is 0 Å². The summed E-state index contributed by atoms with van der Waals surface area (Å²) >= 11 is 0. The van der Waals surface area contributed by atoms with Crippen molar-refractivity contribution in [3.05, 3.63) is 35.1 Å². The van der Waals surface area contributed by atoms with Crippen LogP contribution in [0.2, 0.25) is 0 Å². The van der Waals surface area contributed by atoms with Gasteiger partial charge in [-0.3, -0.25) is 0 Å². The van der Waals surface area contributed by atoms with Crippen LogP contribution < -0.4 is 5.73 Å². The van der Waals surface area contributed by atoms with Crippen molar-refractivity contribution < 1.29 is 18.3 Å². The molecule has 2 atom stereocenters. The Labute approximate surface area is 91.3 Å². The lowest BCUT2D eigenvalue weighted by molar-refractivity contribution is 0.164. The first-order chi connectivity index (χ1) is 6.43. The van der Waals surface area contributed by atoms with Gasteiger partial charge in [0.25, 0.3) is 0 Å². The van der Waals surface area contributed by atoms with Crippen LogP contribution in [0.15, 0.2) is 12.1 Å². The fraction of sp³-hybridized carbons (Fsp3) is 0.333. The summed E-state index contributed by atoms with van der Waals surface area (Å²) in [5, 5.41) is 9.06. The molecule has 1 rings (SSSR count). The Balaban J connectivity index is 0.00000196. The van der Waals surface area contributed by atoms with Crippen molar-refractivity contribution in [3.8, 4) is 0 Å². The summed E-state index contributed by atoms with van der Waals surface area (Å²) in [5.74, 6) is -4.15. The van der Waals surface area contributed by atoms with Crippen LogP contribution in [0.4, 0.5) is 13.2 Å². The lowest BCUT2D eigenvalue weighted by atomic mass is 10.0. The molecule has 0 aliphatic carbocycles. The second kappa shape index (κ2) is 5.34. The molecule has 0 aromatic heterocycles. The summed E-state index contributed by atoms with van der Waals surface area (Å²) in [6.45, 7) is 1.38. The third kappa shape index (κ3) is 3.09. The molecule has 0 saturated carbocycles. The van der Waals surface area contributed by atoms with E-state index in [1.54, 1.807) is 0 Å². The molecule has 0 aliphatic heterocycles. The monoisotopic (exact) mass is 241 g/mol. The van der Waals surface area contributed by atoms with E-state index >= 15 is 0 Å². The number of rotatable bonds is 2. The Kier molecular flexibility index (Phi) is 5.07. The zero-order chi connectivity index (χ0) is 10.9. The van der Waals surface area contributed by atoms with E-state index in [1.807, 2.05) is 0 Å². The van der Waals surface area contributed by atoms with Gasteiger partial charge in [-0.05, 0) is 24.6 Å². The highest BCUT2D eigenvalue weighted by atomic mass is 35.5. The number of benzene rings is 1. The van der Waals surface area contributed by atoms with Crippen molar-refractivity contribution in [2.24, 2.45) is 5.73 Å². The molecule has 1 aromatic rings. The van der Waals surface area contributed by atoms with E-state index in [-0.39, 0.29) is 18.0 Å². The van der Waals surface area contributed by atoms with E-state index in [2.05, 4.69) is 0 Å². The zero-order valence-electron chi connectivity index (χ0n) is 7.88. The SMILES string of the molecule is C[C@H](O)[C@H](N)c1cc(F)c(F)c(F)c1.Cl. The minimum Gasteiger partial charge on any atom is -0.391 e. The maximum absolute atomic E-state index is 12.7. The maximum atomic E-state index is 12.7. The van der Waals surface area contributed by atoms with Gasteiger partial charge >= 0.3 is 0 Å². The summed E-state index contributed by atoms with van der Waals surface area (Å²) in [6, 6.07) is 0.616. The highest BCUT2D eigenvalue weighted by Crippen LogP contribution is 2.19. The fourth-order valence-electron chi connectivity index (χ4n) is 1.05. The Morgan fingerprint density at radius 1 is 1.20 bits per heavy atom. The minimum absolute atomic E-state index is 0. The van der Waals surface area contributed by atoms with Crippen LogP contribution in [0.25, 0.3) is 0 Å². The summed E-state index contributed by atoms with van der Waals surface area (Å²) in [4.78, 5) is 0. The first kappa shape index (κ1) is 14.2. The summed E-state index contributed by atoms with van der Waals surface area (Å²) in [6.07, 6.45) is -0.959. The molecule has 6 heteroatoms. The highest BCUT2D eigenvalue weighted by molar-refractivity contribution is 5.85. The molecule has 86 valence electrons. The van der Waals surface area contributed by atoms with E-state index < -0.39 is 29.6 Å². The van der Waals surface area contributed by atoms with Gasteiger partial charge < -0.3 is 10.8 Å². The topological polar surface area (TPSA) is 46.2 Å². The number of hydrogen-bond donors (Lipinski definition) is 2. The van der Waals surface area contributed by atoms with E-state index in [9.17, 15) is 13.2 Å². The van der Waals surface area contributed by atoms with Gasteiger partial charge in [0.1, 0.15) is 0 Å². The largest absolute Gasteiger partial charge is 0.391 e. The zero-order valence-corrected chi connectivity index (χ0v) is 8.69. The summed E-state index contributed by atoms with van der Waals surface area (Å²) < 4.78 is 37.9. The second-order valence-electron chi connectivity index (χ2n) is 3.06. The van der Waals surface area contributed by atoms with Crippen LogP contribution in [0.5, 0.6) is 0 Å². The third-order valence-corrected chi connectivity index (χ3v) is 1.91. The Bertz CT molecular complexity index is 323. The predicted octanol–water partition coefficient (Wildman–Crippen LogP) is 1.91. The Morgan fingerprint density at radius 3 is 1.93 bits per heavy atom. The van der Waals surface area contributed by atoms with Crippen LogP contribution >= 0.6 is 12.4 Å². The van der Waals surface area contributed by atoms with Gasteiger partial charge in [-0.15, -0.1) is 12.4 Å². The predicted molar refractivity (Wildman–Crippen MR) is 52.2 cm³/mol. The van der Waals surface area contributed by atoms with Crippen LogP contribution in [-0.2, 0) is 0 Å². The second-order valence-corrected chi connectivity index (χ2v) is 3.06. The molecule has 0 unspecified atom stereocenters. The summed E-state index contributed by atoms with van der Waals surface area (Å²) in [5.41, 5.74) is 5.44. The van der Waals surface area contributed by atoms with Crippen molar-refractivity contribution >= 4 is 12.4 Å². The molecule has 0 radical (unpaired) electrons. The van der Waals surface area contributed by atoms with Crippen LogP contribution in [0.3, 0.4) is 0 Å². The summed E-state index contributed by atoms with van der Waals surface area (Å²) in [7, 11) is 0. The molecule has 15 heavy (non-hydrogen) atoms. The fourth-order valence-corrected chi connectivity index (χ4v) is 1.05. The molecule has 0 amide bonds. The quantitative estimate of drug-likeness (QED) is 0.777. The highest BCUT2D eigenvalue weighted by Gasteiger charge is 2.17. The van der Waals surface area contributed by atoms with E-state index in [0.29, 0.717) is 0 Å². The molecule has 0 heterocycles. The van der Waals surface area contributed by atoms with Gasteiger partial charge in [-0.2, -0.15) is 0 Å². The van der Waals surface area contributed by atoms with Crippen molar-refractivity contribution in [2.75, 3.05) is 0 Å². The molecule has 0 bridgehead atoms. The van der Waals surface area contributed by atoms with Gasteiger partial charge in [0.2, 0.25) is 0 Å². The van der Waals surface area contributed by atoms with Crippen molar-refractivity contribution in [2.45, 2.75) is 19.1 Å². The molecule has 0 saturated heterocycles. The molecular weight excluding hydrogens is 231 g/mol. The number of hydrogen-bond acceptors (Lipinski definition) is 2. The van der Waals surface area contributed by atoms with Crippen molar-refractivity contribution in [1.29, 1.82) is 0 Å². The van der Waals surface area contributed by atoms with E-state index in [1.165, 1.54) is 6.92 Å².